The van der Waals surface area contributed by atoms with Gasteiger partial charge in [-0.2, -0.15) is 0 Å². The molecule has 6 heavy (non-hydrogen) atoms. The van der Waals surface area contributed by atoms with Gasteiger partial charge in [-0.15, -0.1) is 0 Å². The van der Waals surface area contributed by atoms with Gasteiger partial charge in [0.25, 0.3) is 0 Å². The van der Waals surface area contributed by atoms with Gasteiger partial charge >= 0.3 is 65.9 Å². The second kappa shape index (κ2) is 39.8. The molecule has 0 saturated carbocycles. The van der Waals surface area contributed by atoms with E-state index >= 15 is 0 Å². The second-order valence-electron chi connectivity index (χ2n) is 0. The molecule has 1 nitrogen and oxygen atoms in total. The summed E-state index contributed by atoms with van der Waals surface area (Å²) in [5.74, 6) is 0. The predicted molar refractivity (Wildman–Crippen MR) is 29.1 cm³/mol. The number of hydrogen-bond acceptors (Lipinski definition) is 1. The summed E-state index contributed by atoms with van der Waals surface area (Å²) in [5.41, 5.74) is 0. The van der Waals surface area contributed by atoms with Crippen molar-refractivity contribution in [2.45, 2.75) is 0 Å². The molecule has 0 aliphatic rings. The molecule has 0 spiro atoms. The van der Waals surface area contributed by atoms with Crippen LogP contribution in [0.25, 0.3) is 0 Å². The molecule has 6 heteroatoms. The average molecular weight is 459 g/mol. The van der Waals surface area contributed by atoms with Crippen LogP contribution in [0.4, 0.5) is 0 Å². The molecule has 0 aromatic rings. The Kier molecular flexibility index (Phi) is 228. The minimum absolute atomic E-state index is 0. The molecule has 0 unspecified atom stereocenters. The monoisotopic (exact) mass is 460 g/mol. The third kappa shape index (κ3) is 26.2. The quantitative estimate of drug-likeness (QED) is 0.346. The molecule has 0 radical (unpaired) electrons. The van der Waals surface area contributed by atoms with E-state index in [0.717, 1.165) is 0 Å². The summed E-state index contributed by atoms with van der Waals surface area (Å²) >= 11 is 0.125. The van der Waals surface area contributed by atoms with Crippen LogP contribution in [0.5, 0.6) is 0 Å². The van der Waals surface area contributed by atoms with Crippen LogP contribution in [0.1, 0.15) is 0 Å². The molecule has 0 aromatic heterocycles. The molecule has 0 heterocycles. The standard InChI is InChI=1S/Cd.Ga.GeH2O.In.Zn.6H/c;;1-2;;;;;;;;/h;;1H2;;;;;;;;. The third-order valence-corrected chi connectivity index (χ3v) is 0. The van der Waals surface area contributed by atoms with Gasteiger partial charge in [0.1, 0.15) is 0 Å². The second-order valence-corrected chi connectivity index (χ2v) is 0. The molecular formula is H8CdGaGeInOZn. The van der Waals surface area contributed by atoms with Crippen molar-refractivity contribution in [1.82, 2.24) is 0 Å². The van der Waals surface area contributed by atoms with Crippen LogP contribution in [-0.2, 0) is 50.6 Å². The van der Waals surface area contributed by atoms with E-state index < -0.39 is 0 Å². The molecule has 0 fully saturated rings. The zero-order valence-electron chi connectivity index (χ0n) is 2.53. The molecule has 28 valence electrons. The summed E-state index contributed by atoms with van der Waals surface area (Å²) in [5, 5.41) is 0. The first kappa shape index (κ1) is 34.3. The van der Waals surface area contributed by atoms with Crippen molar-refractivity contribution >= 4 is 62.1 Å². The van der Waals surface area contributed by atoms with E-state index in [4.69, 9.17) is 3.78 Å². The molecular weight excluding hydrogens is 451 g/mol. The zero-order chi connectivity index (χ0) is 2.00. The molecule has 0 saturated heterocycles. The Morgan fingerprint density at radius 1 is 1.17 bits per heavy atom. The van der Waals surface area contributed by atoms with Gasteiger partial charge in [-0.05, 0) is 0 Å². The topological polar surface area (TPSA) is 17.1 Å². The van der Waals surface area contributed by atoms with Crippen LogP contribution < -0.4 is 0 Å². The van der Waals surface area contributed by atoms with Gasteiger partial charge in [-0.1, -0.05) is 0 Å². The normalized spacial score (nSPS) is 0.667. The van der Waals surface area contributed by atoms with E-state index in [-0.39, 0.29) is 109 Å². The van der Waals surface area contributed by atoms with Gasteiger partial charge in [0.05, 0.1) is 0 Å². The van der Waals surface area contributed by atoms with E-state index in [9.17, 15) is 0 Å². The Labute approximate surface area is 110 Å². The SMILES string of the molecule is [Cd].[GaH3].[InH3].[O]=[GeH2].[Zn]. The summed E-state index contributed by atoms with van der Waals surface area (Å²) in [6, 6.07) is 0. The van der Waals surface area contributed by atoms with Gasteiger partial charge in [-0.25, -0.2) is 0 Å². The van der Waals surface area contributed by atoms with Crippen LogP contribution in [0.2, 0.25) is 0 Å². The van der Waals surface area contributed by atoms with Crippen molar-refractivity contribution < 1.29 is 50.6 Å². The van der Waals surface area contributed by atoms with E-state index in [1.165, 1.54) is 0 Å². The largest absolute Gasteiger partial charge is 0 e. The van der Waals surface area contributed by atoms with Crippen molar-refractivity contribution in [2.75, 3.05) is 0 Å². The van der Waals surface area contributed by atoms with Crippen molar-refractivity contribution in [3.05, 3.63) is 0 Å². The van der Waals surface area contributed by atoms with Crippen molar-refractivity contribution in [3.8, 4) is 0 Å². The van der Waals surface area contributed by atoms with E-state index in [0.29, 0.717) is 0 Å². The average Bonchev–Trinajstić information content (AvgIpc) is 1.00. The fraction of sp³-hybridized carbons (Fsp3) is 0. The van der Waals surface area contributed by atoms with Gasteiger partial charge in [0.15, 0.2) is 0 Å². The fourth-order valence-corrected chi connectivity index (χ4v) is 0. The first-order valence-electron chi connectivity index (χ1n) is 0.289. The molecule has 0 bridgehead atoms. The molecule has 0 aliphatic carbocycles. The van der Waals surface area contributed by atoms with Crippen molar-refractivity contribution in [1.29, 1.82) is 0 Å². The molecule has 0 amide bonds. The molecule has 0 aliphatic heterocycles. The van der Waals surface area contributed by atoms with Crippen LogP contribution in [0.3, 0.4) is 0 Å². The Hall–Kier alpha value is 3.39. The first-order chi connectivity index (χ1) is 1.00. The smallest absolute Gasteiger partial charge is 0 e. The summed E-state index contributed by atoms with van der Waals surface area (Å²) in [4.78, 5) is 0. The van der Waals surface area contributed by atoms with Crippen LogP contribution in [0, 0.1) is 0 Å². The maximum atomic E-state index is 8.38. The van der Waals surface area contributed by atoms with E-state index in [1.807, 2.05) is 0 Å². The van der Waals surface area contributed by atoms with Gasteiger partial charge in [-0.3, -0.25) is 0 Å². The molecule has 0 aromatic carbocycles. The van der Waals surface area contributed by atoms with Crippen molar-refractivity contribution in [2.24, 2.45) is 0 Å². The number of hydrogen-bond donors (Lipinski definition) is 0. The minimum atomic E-state index is 0. The van der Waals surface area contributed by atoms with E-state index in [1.54, 1.807) is 0 Å². The third-order valence-electron chi connectivity index (χ3n) is 0. The predicted octanol–water partition coefficient (Wildman–Crippen LogP) is -3.41. The maximum absolute atomic E-state index is 8.38. The van der Waals surface area contributed by atoms with Gasteiger partial charge < -0.3 is 0 Å². The van der Waals surface area contributed by atoms with Crippen LogP contribution in [0.15, 0.2) is 0 Å². The van der Waals surface area contributed by atoms with Crippen molar-refractivity contribution in [3.63, 3.8) is 0 Å². The Morgan fingerprint density at radius 2 is 1.17 bits per heavy atom. The molecule has 0 atom stereocenters. The van der Waals surface area contributed by atoms with Gasteiger partial charge in [0, 0.05) is 46.8 Å². The molecule has 0 N–H and O–H groups in total. The fourth-order valence-electron chi connectivity index (χ4n) is 0. The Balaban J connectivity index is -0.000000000833. The summed E-state index contributed by atoms with van der Waals surface area (Å²) in [6.07, 6.45) is 0. The van der Waals surface area contributed by atoms with E-state index in [2.05, 4.69) is 0 Å². The van der Waals surface area contributed by atoms with Crippen LogP contribution >= 0.6 is 0 Å². The van der Waals surface area contributed by atoms with Gasteiger partial charge in [0.2, 0.25) is 0 Å². The minimum Gasteiger partial charge on any atom is 0 e. The number of rotatable bonds is 0. The Bertz CT molecular complexity index is 15.5. The summed E-state index contributed by atoms with van der Waals surface area (Å²) in [6.45, 7) is 0. The van der Waals surface area contributed by atoms with Crippen LogP contribution in [-0.4, -0.2) is 62.1 Å². The maximum Gasteiger partial charge on any atom is 0 e. The summed E-state index contributed by atoms with van der Waals surface area (Å²) in [7, 11) is 0. The first-order valence-corrected chi connectivity index (χ1v) is 1.50. The Morgan fingerprint density at radius 3 is 1.17 bits per heavy atom. The molecule has 0 rings (SSSR count). The summed E-state index contributed by atoms with van der Waals surface area (Å²) < 4.78 is 8.38. The zero-order valence-corrected chi connectivity index (χ0v) is 12.5.